The highest BCUT2D eigenvalue weighted by Crippen LogP contribution is 2.40. The number of amides is 1. The van der Waals surface area contributed by atoms with Gasteiger partial charge >= 0.3 is 0 Å². The van der Waals surface area contributed by atoms with Crippen molar-refractivity contribution in [2.75, 3.05) is 13.1 Å². The lowest BCUT2D eigenvalue weighted by Gasteiger charge is -2.53. The number of halogens is 1. The SMILES string of the molecule is O=C([C@H]1C[C@H]1F)N1[C@@H]2CNC[C@H]1C2. The average molecular weight is 184 g/mol. The molecule has 3 aliphatic rings. The van der Waals surface area contributed by atoms with E-state index in [1.54, 1.807) is 0 Å². The van der Waals surface area contributed by atoms with Crippen molar-refractivity contribution in [2.45, 2.75) is 31.1 Å². The highest BCUT2D eigenvalue weighted by Gasteiger charge is 2.52. The van der Waals surface area contributed by atoms with Crippen molar-refractivity contribution in [1.29, 1.82) is 0 Å². The molecule has 4 heteroatoms. The highest BCUT2D eigenvalue weighted by molar-refractivity contribution is 5.83. The summed E-state index contributed by atoms with van der Waals surface area (Å²) in [7, 11) is 0. The van der Waals surface area contributed by atoms with Gasteiger partial charge in [-0.05, 0) is 12.8 Å². The van der Waals surface area contributed by atoms with Gasteiger partial charge in [0.25, 0.3) is 0 Å². The van der Waals surface area contributed by atoms with E-state index < -0.39 is 6.17 Å². The predicted molar refractivity (Wildman–Crippen MR) is 44.9 cm³/mol. The van der Waals surface area contributed by atoms with E-state index in [0.29, 0.717) is 18.5 Å². The zero-order valence-electron chi connectivity index (χ0n) is 7.37. The fourth-order valence-electron chi connectivity index (χ4n) is 2.45. The third-order valence-corrected chi connectivity index (χ3v) is 3.38. The summed E-state index contributed by atoms with van der Waals surface area (Å²) in [5, 5.41) is 3.25. The van der Waals surface area contributed by atoms with Crippen LogP contribution in [0.25, 0.3) is 0 Å². The van der Waals surface area contributed by atoms with Crippen molar-refractivity contribution >= 4 is 5.91 Å². The molecule has 72 valence electrons. The molecule has 0 aromatic carbocycles. The molecule has 3 fully saturated rings. The van der Waals surface area contributed by atoms with Gasteiger partial charge in [0, 0.05) is 25.2 Å². The Hall–Kier alpha value is -0.640. The zero-order chi connectivity index (χ0) is 9.00. The molecule has 1 amide bonds. The molecule has 13 heavy (non-hydrogen) atoms. The van der Waals surface area contributed by atoms with Crippen LogP contribution in [0.5, 0.6) is 0 Å². The van der Waals surface area contributed by atoms with Gasteiger partial charge in [-0.15, -0.1) is 0 Å². The van der Waals surface area contributed by atoms with Crippen molar-refractivity contribution in [3.8, 4) is 0 Å². The molecular weight excluding hydrogens is 171 g/mol. The van der Waals surface area contributed by atoms with Crippen molar-refractivity contribution in [1.82, 2.24) is 10.2 Å². The normalized spacial score (nSPS) is 47.0. The van der Waals surface area contributed by atoms with Gasteiger partial charge in [-0.2, -0.15) is 0 Å². The maximum atomic E-state index is 12.7. The maximum Gasteiger partial charge on any atom is 0.229 e. The Morgan fingerprint density at radius 1 is 1.31 bits per heavy atom. The van der Waals surface area contributed by atoms with Gasteiger partial charge in [0.1, 0.15) is 6.17 Å². The molecule has 1 aliphatic carbocycles. The number of rotatable bonds is 1. The topological polar surface area (TPSA) is 32.3 Å². The quantitative estimate of drug-likeness (QED) is 0.618. The van der Waals surface area contributed by atoms with Crippen LogP contribution in [-0.2, 0) is 4.79 Å². The van der Waals surface area contributed by atoms with E-state index in [1.165, 1.54) is 0 Å². The molecule has 0 aromatic rings. The van der Waals surface area contributed by atoms with E-state index >= 15 is 0 Å². The summed E-state index contributed by atoms with van der Waals surface area (Å²) in [5.74, 6) is -0.223. The first-order chi connectivity index (χ1) is 6.27. The molecule has 2 heterocycles. The maximum absolute atomic E-state index is 12.7. The molecular formula is C9H13FN2O. The number of nitrogens with one attached hydrogen (secondary N) is 1. The molecule has 2 bridgehead atoms. The molecule has 1 N–H and O–H groups in total. The number of hydrogen-bond donors (Lipinski definition) is 1. The van der Waals surface area contributed by atoms with E-state index in [0.717, 1.165) is 19.5 Å². The molecule has 3 rings (SSSR count). The largest absolute Gasteiger partial charge is 0.334 e. The lowest BCUT2D eigenvalue weighted by Crippen LogP contribution is -2.69. The fraction of sp³-hybridized carbons (Fsp3) is 0.889. The minimum atomic E-state index is -0.846. The number of piperidine rings is 1. The Kier molecular flexibility index (Phi) is 1.45. The van der Waals surface area contributed by atoms with E-state index in [1.807, 2.05) is 4.90 Å². The number of alkyl halides is 1. The number of piperazine rings is 1. The molecule has 2 saturated heterocycles. The number of carbonyl (C=O) groups is 1. The third kappa shape index (κ3) is 1.01. The van der Waals surface area contributed by atoms with Crippen LogP contribution in [0, 0.1) is 5.92 Å². The van der Waals surface area contributed by atoms with Gasteiger partial charge in [0.15, 0.2) is 0 Å². The summed E-state index contributed by atoms with van der Waals surface area (Å²) < 4.78 is 12.7. The summed E-state index contributed by atoms with van der Waals surface area (Å²) in [6.45, 7) is 1.79. The predicted octanol–water partition coefficient (Wildman–Crippen LogP) is -0.0829. The second-order valence-corrected chi connectivity index (χ2v) is 4.31. The van der Waals surface area contributed by atoms with Gasteiger partial charge < -0.3 is 10.2 Å². The summed E-state index contributed by atoms with van der Waals surface area (Å²) in [4.78, 5) is 13.6. The minimum absolute atomic E-state index is 0.0650. The van der Waals surface area contributed by atoms with Crippen molar-refractivity contribution in [2.24, 2.45) is 5.92 Å². The summed E-state index contributed by atoms with van der Waals surface area (Å²) in [6.07, 6.45) is 0.728. The summed E-state index contributed by atoms with van der Waals surface area (Å²) in [5.41, 5.74) is 0. The van der Waals surface area contributed by atoms with Crippen LogP contribution in [0.4, 0.5) is 4.39 Å². The average Bonchev–Trinajstić information content (AvgIpc) is 2.84. The molecule has 2 aliphatic heterocycles. The van der Waals surface area contributed by atoms with Crippen LogP contribution in [0.15, 0.2) is 0 Å². The smallest absolute Gasteiger partial charge is 0.229 e. The number of fused-ring (bicyclic) bond motifs is 2. The first kappa shape index (κ1) is 7.74. The van der Waals surface area contributed by atoms with Crippen LogP contribution in [-0.4, -0.2) is 42.2 Å². The van der Waals surface area contributed by atoms with Gasteiger partial charge in [0.05, 0.1) is 5.92 Å². The van der Waals surface area contributed by atoms with Gasteiger partial charge in [-0.3, -0.25) is 4.79 Å². The van der Waals surface area contributed by atoms with Gasteiger partial charge in [-0.25, -0.2) is 4.39 Å². The summed E-state index contributed by atoms with van der Waals surface area (Å²) >= 11 is 0. The van der Waals surface area contributed by atoms with Gasteiger partial charge in [-0.1, -0.05) is 0 Å². The van der Waals surface area contributed by atoms with Crippen LogP contribution in [0.2, 0.25) is 0 Å². The minimum Gasteiger partial charge on any atom is -0.334 e. The molecule has 0 radical (unpaired) electrons. The zero-order valence-corrected chi connectivity index (χ0v) is 7.37. The molecule has 0 unspecified atom stereocenters. The van der Waals surface area contributed by atoms with E-state index in [4.69, 9.17) is 0 Å². The Bertz CT molecular complexity index is 244. The monoisotopic (exact) mass is 184 g/mol. The second-order valence-electron chi connectivity index (χ2n) is 4.31. The summed E-state index contributed by atoms with van der Waals surface area (Å²) in [6, 6.07) is 0.720. The molecule has 0 aromatic heterocycles. The van der Waals surface area contributed by atoms with E-state index in [-0.39, 0.29) is 11.8 Å². The number of carbonyl (C=O) groups excluding carboxylic acids is 1. The van der Waals surface area contributed by atoms with Crippen LogP contribution >= 0.6 is 0 Å². The molecule has 1 saturated carbocycles. The highest BCUT2D eigenvalue weighted by atomic mass is 19.1. The van der Waals surface area contributed by atoms with Crippen molar-refractivity contribution in [3.63, 3.8) is 0 Å². The Labute approximate surface area is 76.3 Å². The van der Waals surface area contributed by atoms with Crippen LogP contribution in [0.3, 0.4) is 0 Å². The number of hydrogen-bond acceptors (Lipinski definition) is 2. The molecule has 0 spiro atoms. The Balaban J connectivity index is 1.69. The molecule has 3 nitrogen and oxygen atoms in total. The lowest BCUT2D eigenvalue weighted by molar-refractivity contribution is -0.149. The van der Waals surface area contributed by atoms with E-state index in [9.17, 15) is 9.18 Å². The Morgan fingerprint density at radius 2 is 1.92 bits per heavy atom. The Morgan fingerprint density at radius 3 is 2.38 bits per heavy atom. The van der Waals surface area contributed by atoms with E-state index in [2.05, 4.69) is 5.32 Å². The standard InChI is InChI=1S/C9H13FN2O/c10-8-2-7(8)9(13)12-5-1-6(12)4-11-3-5/h5-8,11H,1-4H2/t5-,6+,7-,8+/m0/s1. The third-order valence-electron chi connectivity index (χ3n) is 3.38. The fourth-order valence-corrected chi connectivity index (χ4v) is 2.45. The number of nitrogens with zero attached hydrogens (tertiary/aromatic N) is 1. The van der Waals surface area contributed by atoms with Crippen molar-refractivity contribution in [3.05, 3.63) is 0 Å². The van der Waals surface area contributed by atoms with Crippen LogP contribution in [0.1, 0.15) is 12.8 Å². The van der Waals surface area contributed by atoms with Crippen LogP contribution < -0.4 is 5.32 Å². The van der Waals surface area contributed by atoms with Crippen molar-refractivity contribution < 1.29 is 9.18 Å². The lowest BCUT2D eigenvalue weighted by atomic mass is 9.88. The molecule has 4 atom stereocenters. The first-order valence-corrected chi connectivity index (χ1v) is 4.94. The second kappa shape index (κ2) is 2.44. The van der Waals surface area contributed by atoms with Gasteiger partial charge in [0.2, 0.25) is 5.91 Å². The first-order valence-electron chi connectivity index (χ1n) is 4.94.